The Morgan fingerprint density at radius 3 is 1.83 bits per heavy atom. The molecule has 250 valence electrons. The van der Waals surface area contributed by atoms with Crippen LogP contribution in [0.1, 0.15) is 18.9 Å². The van der Waals surface area contributed by atoms with Gasteiger partial charge < -0.3 is 9.47 Å². The molecule has 0 aliphatic heterocycles. The maximum Gasteiger partial charge on any atom is 0.0541 e. The van der Waals surface area contributed by atoms with Crippen LogP contribution in [0.3, 0.4) is 0 Å². The Kier molecular flexibility index (Phi) is 8.34. The number of hydrogen-bond acceptors (Lipinski definition) is 2. The van der Waals surface area contributed by atoms with Crippen LogP contribution < -0.4 is 4.90 Å². The second kappa shape index (κ2) is 13.6. The summed E-state index contributed by atoms with van der Waals surface area (Å²) in [7, 11) is 0. The summed E-state index contributed by atoms with van der Waals surface area (Å²) in [6.45, 7) is 2.25. The molecule has 1 aromatic heterocycles. The van der Waals surface area contributed by atoms with Gasteiger partial charge >= 0.3 is 0 Å². The molecule has 0 saturated carbocycles. The van der Waals surface area contributed by atoms with Crippen LogP contribution in [-0.2, 0) is 0 Å². The Bertz CT molecular complexity index is 2600. The SMILES string of the molecule is CC1CC=CC(c2cccc(-c3ccc4c(c3)c3ccccc3n4-c3ccc(N(c4ccccc4)c4ccc(-c5ccccc5)cc4)cc3)c2)=C1S. The van der Waals surface area contributed by atoms with Crippen molar-refractivity contribution in [1.82, 2.24) is 4.57 Å². The van der Waals surface area contributed by atoms with Gasteiger partial charge in [0.2, 0.25) is 0 Å². The number of nitrogens with zero attached hydrogens (tertiary/aromatic N) is 2. The molecule has 1 aliphatic rings. The third-order valence-corrected chi connectivity index (χ3v) is 11.0. The zero-order valence-corrected chi connectivity index (χ0v) is 29.9. The first kappa shape index (κ1) is 31.9. The number of thiol groups is 1. The average molecular weight is 687 g/mol. The fraction of sp³-hybridized carbons (Fsp3) is 0.0612. The summed E-state index contributed by atoms with van der Waals surface area (Å²) in [5.41, 5.74) is 14.1. The maximum absolute atomic E-state index is 4.90. The summed E-state index contributed by atoms with van der Waals surface area (Å²) in [4.78, 5) is 3.48. The number of hydrogen-bond donors (Lipinski definition) is 1. The number of allylic oxidation sites excluding steroid dienone is 4. The Labute approximate surface area is 311 Å². The Hall–Kier alpha value is -6.03. The van der Waals surface area contributed by atoms with Crippen LogP contribution in [0.4, 0.5) is 17.1 Å². The maximum atomic E-state index is 4.90. The molecule has 1 atom stereocenters. The minimum atomic E-state index is 0.441. The van der Waals surface area contributed by atoms with Crippen molar-refractivity contribution in [2.75, 3.05) is 4.90 Å². The first-order valence-corrected chi connectivity index (χ1v) is 18.4. The van der Waals surface area contributed by atoms with Crippen molar-refractivity contribution in [3.8, 4) is 27.9 Å². The summed E-state index contributed by atoms with van der Waals surface area (Å²) in [6, 6.07) is 63.5. The lowest BCUT2D eigenvalue weighted by Crippen LogP contribution is -2.10. The highest BCUT2D eigenvalue weighted by atomic mass is 32.1. The highest BCUT2D eigenvalue weighted by Crippen LogP contribution is 2.40. The number of para-hydroxylation sites is 2. The molecule has 1 heterocycles. The van der Waals surface area contributed by atoms with E-state index in [9.17, 15) is 0 Å². The zero-order valence-electron chi connectivity index (χ0n) is 29.0. The van der Waals surface area contributed by atoms with E-state index in [1.54, 1.807) is 0 Å². The Balaban J connectivity index is 1.10. The van der Waals surface area contributed by atoms with Gasteiger partial charge in [0.1, 0.15) is 0 Å². The smallest absolute Gasteiger partial charge is 0.0541 e. The van der Waals surface area contributed by atoms with E-state index >= 15 is 0 Å². The standard InChI is InChI=1S/C49H38N2S/c1-34-12-10-20-44(49(34)52)39-16-11-15-37(32-39)38-24-31-48-46(33-38)45-19-8-9-21-47(45)51(48)43-29-27-42(28-30-43)50(40-17-6-3-7-18-40)41-25-22-36(23-26-41)35-13-4-2-5-14-35/h2-11,13-34,52H,12H2,1H3. The number of rotatable bonds is 7. The fourth-order valence-corrected chi connectivity index (χ4v) is 7.91. The summed E-state index contributed by atoms with van der Waals surface area (Å²) in [6.07, 6.45) is 5.53. The fourth-order valence-electron chi connectivity index (χ4n) is 7.60. The lowest BCUT2D eigenvalue weighted by atomic mass is 9.91. The molecule has 0 fully saturated rings. The van der Waals surface area contributed by atoms with Crippen LogP contribution in [0.15, 0.2) is 193 Å². The predicted octanol–water partition coefficient (Wildman–Crippen LogP) is 13.8. The molecular formula is C49H38N2S. The highest BCUT2D eigenvalue weighted by molar-refractivity contribution is 7.84. The number of benzene rings is 7. The molecule has 1 aliphatic carbocycles. The first-order valence-electron chi connectivity index (χ1n) is 18.0. The van der Waals surface area contributed by atoms with E-state index < -0.39 is 0 Å². The highest BCUT2D eigenvalue weighted by Gasteiger charge is 2.18. The van der Waals surface area contributed by atoms with E-state index in [1.807, 2.05) is 0 Å². The number of fused-ring (bicyclic) bond motifs is 3. The van der Waals surface area contributed by atoms with Crippen molar-refractivity contribution in [1.29, 1.82) is 0 Å². The molecule has 2 nitrogen and oxygen atoms in total. The summed E-state index contributed by atoms with van der Waals surface area (Å²) in [5.74, 6) is 0.441. The molecule has 0 N–H and O–H groups in total. The minimum absolute atomic E-state index is 0.441. The normalized spacial score (nSPS) is 14.3. The molecule has 7 aromatic carbocycles. The second-order valence-electron chi connectivity index (χ2n) is 13.6. The van der Waals surface area contributed by atoms with Crippen molar-refractivity contribution < 1.29 is 0 Å². The van der Waals surface area contributed by atoms with Gasteiger partial charge in [0.05, 0.1) is 11.0 Å². The molecular weight excluding hydrogens is 649 g/mol. The third kappa shape index (κ3) is 5.83. The van der Waals surface area contributed by atoms with Gasteiger partial charge in [0.25, 0.3) is 0 Å². The van der Waals surface area contributed by atoms with Gasteiger partial charge in [-0.15, -0.1) is 12.6 Å². The van der Waals surface area contributed by atoms with Crippen LogP contribution in [-0.4, -0.2) is 4.57 Å². The predicted molar refractivity (Wildman–Crippen MR) is 225 cm³/mol. The zero-order chi connectivity index (χ0) is 35.0. The third-order valence-electron chi connectivity index (χ3n) is 10.3. The molecule has 0 saturated heterocycles. The van der Waals surface area contributed by atoms with Crippen molar-refractivity contribution in [3.63, 3.8) is 0 Å². The Morgan fingerprint density at radius 2 is 1.06 bits per heavy atom. The summed E-state index contributed by atoms with van der Waals surface area (Å²) in [5, 5.41) is 2.49. The molecule has 9 rings (SSSR count). The van der Waals surface area contributed by atoms with Gasteiger partial charge in [-0.25, -0.2) is 0 Å². The van der Waals surface area contributed by atoms with Crippen molar-refractivity contribution in [2.24, 2.45) is 5.92 Å². The van der Waals surface area contributed by atoms with E-state index in [0.29, 0.717) is 5.92 Å². The Morgan fingerprint density at radius 1 is 0.500 bits per heavy atom. The molecule has 0 spiro atoms. The van der Waals surface area contributed by atoms with E-state index in [0.717, 1.165) is 34.1 Å². The van der Waals surface area contributed by atoms with E-state index in [-0.39, 0.29) is 0 Å². The molecule has 8 aromatic rings. The lowest BCUT2D eigenvalue weighted by molar-refractivity contribution is 0.729. The molecule has 0 radical (unpaired) electrons. The topological polar surface area (TPSA) is 8.17 Å². The molecule has 1 unspecified atom stereocenters. The van der Waals surface area contributed by atoms with Gasteiger partial charge in [0, 0.05) is 33.5 Å². The second-order valence-corrected chi connectivity index (χ2v) is 14.1. The van der Waals surface area contributed by atoms with Crippen molar-refractivity contribution in [2.45, 2.75) is 13.3 Å². The number of anilines is 3. The van der Waals surface area contributed by atoms with Gasteiger partial charge in [0.15, 0.2) is 0 Å². The molecule has 0 amide bonds. The minimum Gasteiger partial charge on any atom is -0.311 e. The van der Waals surface area contributed by atoms with Crippen LogP contribution in [0.5, 0.6) is 0 Å². The number of aromatic nitrogens is 1. The van der Waals surface area contributed by atoms with Gasteiger partial charge in [-0.05, 0) is 123 Å². The van der Waals surface area contributed by atoms with Gasteiger partial charge in [-0.1, -0.05) is 122 Å². The monoisotopic (exact) mass is 686 g/mol. The quantitative estimate of drug-likeness (QED) is 0.164. The van der Waals surface area contributed by atoms with E-state index in [2.05, 4.69) is 204 Å². The molecule has 3 heteroatoms. The van der Waals surface area contributed by atoms with Crippen LogP contribution >= 0.6 is 12.6 Å². The van der Waals surface area contributed by atoms with E-state index in [4.69, 9.17) is 12.6 Å². The van der Waals surface area contributed by atoms with Gasteiger partial charge in [-0.2, -0.15) is 0 Å². The van der Waals surface area contributed by atoms with Crippen LogP contribution in [0.25, 0.3) is 55.3 Å². The van der Waals surface area contributed by atoms with E-state index in [1.165, 1.54) is 55.2 Å². The first-order chi connectivity index (χ1) is 25.6. The largest absolute Gasteiger partial charge is 0.311 e. The van der Waals surface area contributed by atoms with Gasteiger partial charge in [-0.3, -0.25) is 0 Å². The summed E-state index contributed by atoms with van der Waals surface area (Å²) < 4.78 is 2.39. The van der Waals surface area contributed by atoms with Crippen molar-refractivity contribution in [3.05, 3.63) is 199 Å². The molecule has 52 heavy (non-hydrogen) atoms. The van der Waals surface area contributed by atoms with Crippen LogP contribution in [0.2, 0.25) is 0 Å². The van der Waals surface area contributed by atoms with Crippen LogP contribution in [0, 0.1) is 5.92 Å². The summed E-state index contributed by atoms with van der Waals surface area (Å²) >= 11 is 4.90. The average Bonchev–Trinajstić information content (AvgIpc) is 3.54. The van der Waals surface area contributed by atoms with Crippen molar-refractivity contribution >= 4 is 57.1 Å². The molecule has 0 bridgehead atoms. The lowest BCUT2D eigenvalue weighted by Gasteiger charge is -2.26.